The Morgan fingerprint density at radius 2 is 1.93 bits per heavy atom. The van der Waals surface area contributed by atoms with Gasteiger partial charge in [0.25, 0.3) is 0 Å². The number of nitrogens with zero attached hydrogens (tertiary/aromatic N) is 2. The molecule has 2 aliphatic rings. The molecule has 0 amide bonds. The molecule has 0 spiro atoms. The molecular formula is C24H38N4O2. The second-order valence-electron chi connectivity index (χ2n) is 8.55. The topological polar surface area (TPSA) is 58.1 Å². The van der Waals surface area contributed by atoms with Crippen molar-refractivity contribution < 1.29 is 9.47 Å². The van der Waals surface area contributed by atoms with Crippen LogP contribution >= 0.6 is 0 Å². The van der Waals surface area contributed by atoms with E-state index in [9.17, 15) is 0 Å². The van der Waals surface area contributed by atoms with Crippen molar-refractivity contribution in [3.8, 4) is 11.5 Å². The minimum Gasteiger partial charge on any atom is -0.493 e. The summed E-state index contributed by atoms with van der Waals surface area (Å²) in [4.78, 5) is 6.91. The van der Waals surface area contributed by atoms with Crippen molar-refractivity contribution >= 4 is 5.96 Å². The Kier molecular flexibility index (Phi) is 8.43. The van der Waals surface area contributed by atoms with Crippen LogP contribution in [0, 0.1) is 0 Å². The molecule has 1 aromatic carbocycles. The van der Waals surface area contributed by atoms with Crippen LogP contribution in [0.4, 0.5) is 0 Å². The molecule has 6 nitrogen and oxygen atoms in total. The zero-order valence-corrected chi connectivity index (χ0v) is 18.9. The van der Waals surface area contributed by atoms with E-state index in [0.29, 0.717) is 18.7 Å². The van der Waals surface area contributed by atoms with Gasteiger partial charge in [-0.25, -0.2) is 0 Å². The maximum atomic E-state index is 6.35. The predicted octanol–water partition coefficient (Wildman–Crippen LogP) is 3.72. The summed E-state index contributed by atoms with van der Waals surface area (Å²) < 4.78 is 11.9. The van der Waals surface area contributed by atoms with Crippen LogP contribution < -0.4 is 20.1 Å². The Morgan fingerprint density at radius 1 is 1.20 bits per heavy atom. The molecule has 1 aliphatic carbocycles. The van der Waals surface area contributed by atoms with Gasteiger partial charge in [0, 0.05) is 44.8 Å². The summed E-state index contributed by atoms with van der Waals surface area (Å²) in [6, 6.07) is 6.53. The van der Waals surface area contributed by atoms with Crippen molar-refractivity contribution in [2.45, 2.75) is 64.1 Å². The average molecular weight is 415 g/mol. The van der Waals surface area contributed by atoms with Gasteiger partial charge in [-0.15, -0.1) is 0 Å². The zero-order valence-electron chi connectivity index (χ0n) is 18.9. The molecule has 1 heterocycles. The fourth-order valence-corrected chi connectivity index (χ4v) is 4.35. The van der Waals surface area contributed by atoms with Crippen molar-refractivity contribution in [1.29, 1.82) is 0 Å². The van der Waals surface area contributed by atoms with Crippen molar-refractivity contribution in [1.82, 2.24) is 15.5 Å². The number of methoxy groups -OCH3 is 1. The smallest absolute Gasteiger partial charge is 0.191 e. The first-order valence-electron chi connectivity index (χ1n) is 11.3. The molecule has 1 saturated carbocycles. The molecule has 166 valence electrons. The van der Waals surface area contributed by atoms with Crippen LogP contribution in [-0.2, 0) is 6.54 Å². The maximum Gasteiger partial charge on any atom is 0.191 e. The van der Waals surface area contributed by atoms with E-state index in [-0.39, 0.29) is 0 Å². The van der Waals surface area contributed by atoms with Gasteiger partial charge in [-0.1, -0.05) is 24.3 Å². The molecule has 2 fully saturated rings. The van der Waals surface area contributed by atoms with Crippen LogP contribution in [-0.4, -0.2) is 56.8 Å². The molecule has 0 radical (unpaired) electrons. The fourth-order valence-electron chi connectivity index (χ4n) is 4.35. The van der Waals surface area contributed by atoms with E-state index >= 15 is 0 Å². The average Bonchev–Trinajstić information content (AvgIpc) is 3.26. The largest absolute Gasteiger partial charge is 0.493 e. The summed E-state index contributed by atoms with van der Waals surface area (Å²) in [6.07, 6.45) is 7.26. The highest BCUT2D eigenvalue weighted by Crippen LogP contribution is 2.34. The highest BCUT2D eigenvalue weighted by molar-refractivity contribution is 5.80. The summed E-state index contributed by atoms with van der Waals surface area (Å²) in [5.74, 6) is 2.50. The Bertz CT molecular complexity index is 720. The highest BCUT2D eigenvalue weighted by atomic mass is 16.5. The van der Waals surface area contributed by atoms with Gasteiger partial charge in [-0.05, 0) is 51.5 Å². The molecule has 3 rings (SSSR count). The number of piperidine rings is 1. The van der Waals surface area contributed by atoms with E-state index in [2.05, 4.69) is 40.1 Å². The molecule has 0 unspecified atom stereocenters. The Balaban J connectivity index is 1.55. The number of likely N-dealkylation sites (tertiary alicyclic amines) is 1. The number of aliphatic imine (C=N–C) groups is 1. The summed E-state index contributed by atoms with van der Waals surface area (Å²) in [5, 5.41) is 7.06. The van der Waals surface area contributed by atoms with E-state index < -0.39 is 0 Å². The number of hydrogen-bond acceptors (Lipinski definition) is 4. The minimum atomic E-state index is 0.293. The van der Waals surface area contributed by atoms with Crippen LogP contribution in [0.15, 0.2) is 35.3 Å². The number of guanidine groups is 1. The molecule has 0 atom stereocenters. The second-order valence-corrected chi connectivity index (χ2v) is 8.55. The third-order valence-electron chi connectivity index (χ3n) is 5.96. The van der Waals surface area contributed by atoms with Gasteiger partial charge in [-0.3, -0.25) is 9.89 Å². The lowest BCUT2D eigenvalue weighted by Gasteiger charge is -2.33. The summed E-state index contributed by atoms with van der Waals surface area (Å²) >= 11 is 0. The number of para-hydroxylation sites is 1. The lowest BCUT2D eigenvalue weighted by Crippen LogP contribution is -2.48. The lowest BCUT2D eigenvalue weighted by molar-refractivity contribution is 0.198. The monoisotopic (exact) mass is 414 g/mol. The van der Waals surface area contributed by atoms with Crippen LogP contribution in [0.2, 0.25) is 0 Å². The molecule has 0 bridgehead atoms. The number of ether oxygens (including phenoxy) is 2. The number of rotatable bonds is 8. The van der Waals surface area contributed by atoms with Gasteiger partial charge in [0.15, 0.2) is 17.5 Å². The third kappa shape index (κ3) is 6.39. The van der Waals surface area contributed by atoms with Crippen LogP contribution in [0.1, 0.15) is 51.0 Å². The van der Waals surface area contributed by atoms with Gasteiger partial charge in [0.2, 0.25) is 0 Å². The molecule has 0 aromatic heterocycles. The van der Waals surface area contributed by atoms with Gasteiger partial charge >= 0.3 is 0 Å². The molecule has 30 heavy (non-hydrogen) atoms. The summed E-state index contributed by atoms with van der Waals surface area (Å²) in [5.41, 5.74) is 2.33. The second kappa shape index (κ2) is 11.3. The first-order chi connectivity index (χ1) is 14.6. The quantitative estimate of drug-likeness (QED) is 0.386. The summed E-state index contributed by atoms with van der Waals surface area (Å²) in [6.45, 7) is 9.96. The standard InChI is InChI=1S/C24H38N4O2/c1-18(2)17-28-14-12-20(13-15-28)27-24(25-3)26-16-19-8-7-11-22(29-4)23(19)30-21-9-5-6-10-21/h7-8,11,20-21H,1,5-6,9-10,12-17H2,2-4H3,(H2,25,26,27). The molecule has 1 aromatic rings. The van der Waals surface area contributed by atoms with Crippen molar-refractivity contribution in [3.63, 3.8) is 0 Å². The molecule has 2 N–H and O–H groups in total. The van der Waals surface area contributed by atoms with E-state index in [1.165, 1.54) is 18.4 Å². The first-order valence-corrected chi connectivity index (χ1v) is 11.3. The van der Waals surface area contributed by atoms with Crippen LogP contribution in [0.5, 0.6) is 11.5 Å². The summed E-state index contributed by atoms with van der Waals surface area (Å²) in [7, 11) is 3.53. The van der Waals surface area contributed by atoms with Gasteiger partial charge in [-0.2, -0.15) is 0 Å². The normalized spacial score (nSPS) is 19.0. The van der Waals surface area contributed by atoms with Gasteiger partial charge in [0.05, 0.1) is 13.2 Å². The van der Waals surface area contributed by atoms with E-state index in [1.54, 1.807) is 7.11 Å². The first kappa shape index (κ1) is 22.5. The molecule has 1 saturated heterocycles. The van der Waals surface area contributed by atoms with Crippen molar-refractivity contribution in [2.75, 3.05) is 33.8 Å². The lowest BCUT2D eigenvalue weighted by atomic mass is 10.0. The third-order valence-corrected chi connectivity index (χ3v) is 5.96. The number of nitrogens with one attached hydrogen (secondary N) is 2. The fraction of sp³-hybridized carbons (Fsp3) is 0.625. The molecular weight excluding hydrogens is 376 g/mol. The van der Waals surface area contributed by atoms with Gasteiger partial charge in [0.1, 0.15) is 0 Å². The molecule has 6 heteroatoms. The Hall–Kier alpha value is -2.21. The van der Waals surface area contributed by atoms with Crippen molar-refractivity contribution in [3.05, 3.63) is 35.9 Å². The highest BCUT2D eigenvalue weighted by Gasteiger charge is 2.22. The predicted molar refractivity (Wildman–Crippen MR) is 123 cm³/mol. The number of benzene rings is 1. The SMILES string of the molecule is C=C(C)CN1CCC(NC(=NC)NCc2cccc(OC)c2OC2CCCC2)CC1. The minimum absolute atomic E-state index is 0.293. The molecule has 1 aliphatic heterocycles. The Morgan fingerprint density at radius 3 is 2.57 bits per heavy atom. The zero-order chi connectivity index (χ0) is 21.3. The van der Waals surface area contributed by atoms with Crippen LogP contribution in [0.25, 0.3) is 0 Å². The van der Waals surface area contributed by atoms with E-state index in [1.807, 2.05) is 19.2 Å². The van der Waals surface area contributed by atoms with Crippen LogP contribution in [0.3, 0.4) is 0 Å². The van der Waals surface area contributed by atoms with E-state index in [4.69, 9.17) is 9.47 Å². The van der Waals surface area contributed by atoms with Crippen molar-refractivity contribution in [2.24, 2.45) is 4.99 Å². The Labute approximate surface area is 181 Å². The van der Waals surface area contributed by atoms with Gasteiger partial charge < -0.3 is 20.1 Å². The maximum absolute atomic E-state index is 6.35. The van der Waals surface area contributed by atoms with E-state index in [0.717, 1.165) is 68.3 Å². The number of hydrogen-bond donors (Lipinski definition) is 2.